The van der Waals surface area contributed by atoms with Gasteiger partial charge >= 0.3 is 0 Å². The van der Waals surface area contributed by atoms with Crippen molar-refractivity contribution in [2.45, 2.75) is 32.2 Å². The molecule has 0 unspecified atom stereocenters. The number of nitriles is 1. The lowest BCUT2D eigenvalue weighted by Gasteiger charge is -2.11. The first-order valence-electron chi connectivity index (χ1n) is 7.26. The van der Waals surface area contributed by atoms with Crippen LogP contribution in [0.5, 0.6) is 0 Å². The summed E-state index contributed by atoms with van der Waals surface area (Å²) in [6.07, 6.45) is 1.29. The number of thiophene rings is 2. The fraction of sp³-hybridized carbons (Fsp3) is 0.375. The Morgan fingerprint density at radius 1 is 1.59 bits per heavy atom. The summed E-state index contributed by atoms with van der Waals surface area (Å²) in [5, 5.41) is 20.4. The molecule has 2 aromatic rings. The van der Waals surface area contributed by atoms with E-state index in [4.69, 9.17) is 0 Å². The predicted octanol–water partition coefficient (Wildman–Crippen LogP) is 3.46. The zero-order chi connectivity index (χ0) is 15.5. The number of nitrogens with one attached hydrogen (secondary N) is 2. The van der Waals surface area contributed by atoms with E-state index in [0.717, 1.165) is 25.1 Å². The summed E-state index contributed by atoms with van der Waals surface area (Å²) >= 11 is 3.17. The summed E-state index contributed by atoms with van der Waals surface area (Å²) in [7, 11) is 0. The molecule has 4 nitrogen and oxygen atoms in total. The van der Waals surface area contributed by atoms with Gasteiger partial charge in [0, 0.05) is 17.8 Å². The van der Waals surface area contributed by atoms with Gasteiger partial charge in [0.1, 0.15) is 11.1 Å². The Bertz CT molecular complexity index is 713. The number of anilines is 1. The van der Waals surface area contributed by atoms with E-state index in [1.54, 1.807) is 11.3 Å². The summed E-state index contributed by atoms with van der Waals surface area (Å²) in [5.41, 5.74) is 2.95. The maximum absolute atomic E-state index is 12.3. The van der Waals surface area contributed by atoms with Crippen molar-refractivity contribution in [3.05, 3.63) is 38.4 Å². The van der Waals surface area contributed by atoms with E-state index >= 15 is 0 Å². The van der Waals surface area contributed by atoms with Gasteiger partial charge in [-0.25, -0.2) is 0 Å². The second-order valence-electron chi connectivity index (χ2n) is 5.46. The number of amides is 1. The summed E-state index contributed by atoms with van der Waals surface area (Å²) < 4.78 is 0. The van der Waals surface area contributed by atoms with Gasteiger partial charge < -0.3 is 10.6 Å². The van der Waals surface area contributed by atoms with Gasteiger partial charge in [0.15, 0.2) is 0 Å². The van der Waals surface area contributed by atoms with Crippen molar-refractivity contribution in [1.29, 1.82) is 5.26 Å². The zero-order valence-corrected chi connectivity index (χ0v) is 13.9. The highest BCUT2D eigenvalue weighted by Crippen LogP contribution is 2.35. The minimum Gasteiger partial charge on any atom is -0.317 e. The van der Waals surface area contributed by atoms with Crippen LogP contribution in [0.2, 0.25) is 0 Å². The molecule has 3 rings (SSSR count). The van der Waals surface area contributed by atoms with Crippen molar-refractivity contribution in [2.24, 2.45) is 0 Å². The molecule has 0 bridgehead atoms. The Morgan fingerprint density at radius 2 is 2.45 bits per heavy atom. The van der Waals surface area contributed by atoms with Gasteiger partial charge in [-0.05, 0) is 46.8 Å². The largest absolute Gasteiger partial charge is 0.317 e. The molecule has 0 aromatic carbocycles. The topological polar surface area (TPSA) is 64.9 Å². The number of rotatable bonds is 4. The summed E-state index contributed by atoms with van der Waals surface area (Å²) in [6, 6.07) is 4.31. The Labute approximate surface area is 137 Å². The van der Waals surface area contributed by atoms with E-state index in [9.17, 15) is 10.1 Å². The number of hydrogen-bond acceptors (Lipinski definition) is 5. The standard InChI is InChI=1S/C16H17N3OS2/c1-10(11-3-5-21-9-11)6-15(20)19-16-13(7-17)12-2-4-18-8-14(12)22-16/h3,5,9-10,18H,2,4,6,8H2,1H3,(H,19,20)/t10-/m0/s1. The number of fused-ring (bicyclic) bond motifs is 1. The molecule has 0 aliphatic carbocycles. The fourth-order valence-electron chi connectivity index (χ4n) is 2.67. The molecule has 6 heteroatoms. The highest BCUT2D eigenvalue weighted by molar-refractivity contribution is 7.16. The lowest BCUT2D eigenvalue weighted by molar-refractivity contribution is -0.116. The van der Waals surface area contributed by atoms with Crippen molar-refractivity contribution in [2.75, 3.05) is 11.9 Å². The second kappa shape index (κ2) is 6.61. The van der Waals surface area contributed by atoms with Crippen LogP contribution in [-0.2, 0) is 17.8 Å². The minimum atomic E-state index is -0.0262. The zero-order valence-electron chi connectivity index (χ0n) is 12.3. The van der Waals surface area contributed by atoms with Crippen molar-refractivity contribution in [3.63, 3.8) is 0 Å². The van der Waals surface area contributed by atoms with Crippen molar-refractivity contribution < 1.29 is 4.79 Å². The number of hydrogen-bond donors (Lipinski definition) is 2. The van der Waals surface area contributed by atoms with Crippen LogP contribution in [0.3, 0.4) is 0 Å². The van der Waals surface area contributed by atoms with Crippen LogP contribution < -0.4 is 10.6 Å². The smallest absolute Gasteiger partial charge is 0.225 e. The molecule has 2 aromatic heterocycles. The van der Waals surface area contributed by atoms with E-state index in [1.807, 2.05) is 5.38 Å². The Morgan fingerprint density at radius 3 is 3.18 bits per heavy atom. The molecule has 1 aliphatic heterocycles. The summed E-state index contributed by atoms with van der Waals surface area (Å²) in [4.78, 5) is 13.4. The monoisotopic (exact) mass is 331 g/mol. The molecule has 1 aliphatic rings. The molecule has 1 amide bonds. The number of carbonyl (C=O) groups excluding carboxylic acids is 1. The SMILES string of the molecule is C[C@@H](CC(=O)Nc1sc2c(c1C#N)CCNC2)c1ccsc1. The van der Waals surface area contributed by atoms with Gasteiger partial charge in [-0.15, -0.1) is 11.3 Å². The Balaban J connectivity index is 1.72. The van der Waals surface area contributed by atoms with E-state index in [2.05, 4.69) is 35.1 Å². The molecule has 1 atom stereocenters. The van der Waals surface area contributed by atoms with Crippen LogP contribution in [0, 0.1) is 11.3 Å². The molecule has 0 spiro atoms. The third-order valence-electron chi connectivity index (χ3n) is 3.90. The molecule has 114 valence electrons. The molecule has 0 fully saturated rings. The normalized spacial score (nSPS) is 14.9. The average molecular weight is 331 g/mol. The van der Waals surface area contributed by atoms with E-state index in [0.29, 0.717) is 17.0 Å². The third-order valence-corrected chi connectivity index (χ3v) is 5.75. The van der Waals surface area contributed by atoms with Gasteiger partial charge in [0.25, 0.3) is 0 Å². The maximum Gasteiger partial charge on any atom is 0.225 e. The van der Waals surface area contributed by atoms with Crippen molar-refractivity contribution >= 4 is 33.6 Å². The van der Waals surface area contributed by atoms with Crippen LogP contribution in [0.15, 0.2) is 16.8 Å². The molecule has 22 heavy (non-hydrogen) atoms. The van der Waals surface area contributed by atoms with E-state index < -0.39 is 0 Å². The van der Waals surface area contributed by atoms with Gasteiger partial charge in [-0.1, -0.05) is 6.92 Å². The van der Waals surface area contributed by atoms with Gasteiger partial charge in [0.2, 0.25) is 5.91 Å². The lowest BCUT2D eigenvalue weighted by Crippen LogP contribution is -2.22. The fourth-order valence-corrected chi connectivity index (χ4v) is 4.64. The van der Waals surface area contributed by atoms with Crippen molar-refractivity contribution in [3.8, 4) is 6.07 Å². The molecular formula is C16H17N3OS2. The van der Waals surface area contributed by atoms with Gasteiger partial charge in [-0.3, -0.25) is 4.79 Å². The van der Waals surface area contributed by atoms with Crippen LogP contribution >= 0.6 is 22.7 Å². The van der Waals surface area contributed by atoms with E-state index in [-0.39, 0.29) is 11.8 Å². The first-order chi connectivity index (χ1) is 10.7. The first-order valence-corrected chi connectivity index (χ1v) is 9.02. The predicted molar refractivity (Wildman–Crippen MR) is 90.4 cm³/mol. The Hall–Kier alpha value is -1.68. The van der Waals surface area contributed by atoms with Crippen LogP contribution in [-0.4, -0.2) is 12.5 Å². The van der Waals surface area contributed by atoms with Crippen molar-refractivity contribution in [1.82, 2.24) is 5.32 Å². The molecule has 0 saturated heterocycles. The molecule has 0 radical (unpaired) electrons. The summed E-state index contributed by atoms with van der Waals surface area (Å²) in [6.45, 7) is 3.73. The van der Waals surface area contributed by atoms with Crippen LogP contribution in [0.4, 0.5) is 5.00 Å². The highest BCUT2D eigenvalue weighted by Gasteiger charge is 2.22. The highest BCUT2D eigenvalue weighted by atomic mass is 32.1. The first kappa shape index (κ1) is 15.2. The molecule has 3 heterocycles. The average Bonchev–Trinajstić information content (AvgIpc) is 3.14. The van der Waals surface area contributed by atoms with Gasteiger partial charge in [0.05, 0.1) is 5.56 Å². The Kier molecular flexibility index (Phi) is 4.57. The third kappa shape index (κ3) is 3.07. The molecular weight excluding hydrogens is 314 g/mol. The van der Waals surface area contributed by atoms with Crippen LogP contribution in [0.1, 0.15) is 40.8 Å². The van der Waals surface area contributed by atoms with Crippen LogP contribution in [0.25, 0.3) is 0 Å². The van der Waals surface area contributed by atoms with Gasteiger partial charge in [-0.2, -0.15) is 16.6 Å². The molecule has 0 saturated carbocycles. The quantitative estimate of drug-likeness (QED) is 0.902. The lowest BCUT2D eigenvalue weighted by atomic mass is 10.0. The number of nitrogens with zero attached hydrogens (tertiary/aromatic N) is 1. The van der Waals surface area contributed by atoms with E-state index in [1.165, 1.54) is 21.8 Å². The number of carbonyl (C=O) groups is 1. The maximum atomic E-state index is 12.3. The molecule has 2 N–H and O–H groups in total. The minimum absolute atomic E-state index is 0.0262. The summed E-state index contributed by atoms with van der Waals surface area (Å²) in [5.74, 6) is 0.162. The second-order valence-corrected chi connectivity index (χ2v) is 7.34.